The highest BCUT2D eigenvalue weighted by Gasteiger charge is 2.32. The first-order valence-corrected chi connectivity index (χ1v) is 15.0. The van der Waals surface area contributed by atoms with Crippen molar-refractivity contribution in [1.29, 1.82) is 0 Å². The van der Waals surface area contributed by atoms with E-state index in [1.807, 2.05) is 78.9 Å². The van der Waals surface area contributed by atoms with Crippen LogP contribution >= 0.6 is 39.3 Å². The van der Waals surface area contributed by atoms with Crippen LogP contribution < -0.4 is 5.32 Å². The van der Waals surface area contributed by atoms with Crippen molar-refractivity contribution in [2.24, 2.45) is 0 Å². The maximum absolute atomic E-state index is 13.8. The standard InChI is InChI=1S/C30H32BrClN2O2S/c31-25-13-8-11-23(17-25)19-34(29(35)21-37-20-24-12-4-7-16-27(24)32)28(18-22-9-2-1-3-10-22)30(36)33-26-14-5-6-15-26/h1-4,7-13,16-17,26,28H,5-6,14-15,18-21H2,(H,33,36)/t28-/m1/s1. The van der Waals surface area contributed by atoms with Gasteiger partial charge in [-0.2, -0.15) is 0 Å². The topological polar surface area (TPSA) is 49.4 Å². The Kier molecular flexibility index (Phi) is 10.5. The van der Waals surface area contributed by atoms with Crippen LogP contribution in [0.4, 0.5) is 0 Å². The molecule has 0 heterocycles. The molecule has 1 fully saturated rings. The molecule has 4 nitrogen and oxygen atoms in total. The SMILES string of the molecule is O=C(NC1CCCC1)[C@@H](Cc1ccccc1)N(Cc1cccc(Br)c1)C(=O)CSCc1ccccc1Cl. The summed E-state index contributed by atoms with van der Waals surface area (Å²) in [6.07, 6.45) is 4.73. The van der Waals surface area contributed by atoms with E-state index in [1.165, 1.54) is 11.8 Å². The van der Waals surface area contributed by atoms with E-state index in [4.69, 9.17) is 11.6 Å². The van der Waals surface area contributed by atoms with Gasteiger partial charge in [0.25, 0.3) is 0 Å². The number of nitrogens with one attached hydrogen (secondary N) is 1. The maximum Gasteiger partial charge on any atom is 0.243 e. The lowest BCUT2D eigenvalue weighted by Gasteiger charge is -2.32. The fourth-order valence-corrected chi connectivity index (χ4v) is 6.34. The molecule has 0 saturated heterocycles. The summed E-state index contributed by atoms with van der Waals surface area (Å²) in [6.45, 7) is 0.362. The first-order chi connectivity index (χ1) is 18.0. The molecule has 3 aromatic carbocycles. The van der Waals surface area contributed by atoms with Crippen molar-refractivity contribution in [3.63, 3.8) is 0 Å². The van der Waals surface area contributed by atoms with Gasteiger partial charge in [-0.1, -0.05) is 101 Å². The first kappa shape index (κ1) is 27.7. The molecule has 0 radical (unpaired) electrons. The molecule has 0 bridgehead atoms. The van der Waals surface area contributed by atoms with Crippen molar-refractivity contribution >= 4 is 51.1 Å². The van der Waals surface area contributed by atoms with E-state index in [0.717, 1.165) is 46.8 Å². The van der Waals surface area contributed by atoms with Gasteiger partial charge in [0.1, 0.15) is 6.04 Å². The summed E-state index contributed by atoms with van der Waals surface area (Å²) >= 11 is 11.4. The molecule has 1 N–H and O–H groups in total. The molecule has 0 aliphatic heterocycles. The normalized spacial score (nSPS) is 14.3. The number of rotatable bonds is 11. The lowest BCUT2D eigenvalue weighted by molar-refractivity contribution is -0.139. The smallest absolute Gasteiger partial charge is 0.243 e. The Bertz CT molecular complexity index is 1190. The Balaban J connectivity index is 1.57. The molecule has 1 saturated carbocycles. The fraction of sp³-hybridized carbons (Fsp3) is 0.333. The number of carbonyl (C=O) groups excluding carboxylic acids is 2. The number of hydrogen-bond donors (Lipinski definition) is 1. The van der Waals surface area contributed by atoms with Gasteiger partial charge in [-0.3, -0.25) is 9.59 Å². The third-order valence-electron chi connectivity index (χ3n) is 6.66. The molecular formula is C30H32BrClN2O2S. The minimum Gasteiger partial charge on any atom is -0.352 e. The van der Waals surface area contributed by atoms with Crippen LogP contribution in [-0.2, 0) is 28.3 Å². The molecule has 0 unspecified atom stereocenters. The van der Waals surface area contributed by atoms with E-state index >= 15 is 0 Å². The second-order valence-corrected chi connectivity index (χ2v) is 11.7. The summed E-state index contributed by atoms with van der Waals surface area (Å²) in [6, 6.07) is 25.1. The zero-order valence-corrected chi connectivity index (χ0v) is 23.9. The first-order valence-electron chi connectivity index (χ1n) is 12.7. The van der Waals surface area contributed by atoms with Gasteiger partial charge in [0.15, 0.2) is 0 Å². The van der Waals surface area contributed by atoms with E-state index in [9.17, 15) is 9.59 Å². The summed E-state index contributed by atoms with van der Waals surface area (Å²) in [7, 11) is 0. The van der Waals surface area contributed by atoms with Crippen molar-refractivity contribution in [1.82, 2.24) is 10.2 Å². The van der Waals surface area contributed by atoms with Crippen molar-refractivity contribution in [2.45, 2.75) is 56.5 Å². The highest BCUT2D eigenvalue weighted by Crippen LogP contribution is 2.24. The summed E-state index contributed by atoms with van der Waals surface area (Å²) in [5, 5.41) is 3.96. The number of carbonyl (C=O) groups is 2. The van der Waals surface area contributed by atoms with Crippen LogP contribution in [0.2, 0.25) is 5.02 Å². The lowest BCUT2D eigenvalue weighted by Crippen LogP contribution is -2.52. The monoisotopic (exact) mass is 598 g/mol. The number of halogens is 2. The zero-order valence-electron chi connectivity index (χ0n) is 20.7. The second kappa shape index (κ2) is 14.0. The zero-order chi connectivity index (χ0) is 26.0. The molecule has 0 spiro atoms. The van der Waals surface area contributed by atoms with Crippen LogP contribution in [0, 0.1) is 0 Å². The molecular weight excluding hydrogens is 568 g/mol. The molecule has 194 valence electrons. The van der Waals surface area contributed by atoms with E-state index in [2.05, 4.69) is 21.2 Å². The molecule has 0 aromatic heterocycles. The summed E-state index contributed by atoms with van der Waals surface area (Å²) < 4.78 is 0.945. The van der Waals surface area contributed by atoms with E-state index < -0.39 is 6.04 Å². The van der Waals surface area contributed by atoms with Crippen LogP contribution in [0.1, 0.15) is 42.4 Å². The van der Waals surface area contributed by atoms with E-state index in [0.29, 0.717) is 23.7 Å². The van der Waals surface area contributed by atoms with Gasteiger partial charge in [0.2, 0.25) is 11.8 Å². The maximum atomic E-state index is 13.8. The van der Waals surface area contributed by atoms with Gasteiger partial charge in [0, 0.05) is 34.3 Å². The number of thioether (sulfide) groups is 1. The predicted octanol–water partition coefficient (Wildman–Crippen LogP) is 7.03. The minimum atomic E-state index is -0.601. The van der Waals surface area contributed by atoms with Crippen LogP contribution in [0.5, 0.6) is 0 Å². The summed E-state index contributed by atoms with van der Waals surface area (Å²) in [5.41, 5.74) is 3.01. The minimum absolute atomic E-state index is 0.0560. The average molecular weight is 600 g/mol. The summed E-state index contributed by atoms with van der Waals surface area (Å²) in [4.78, 5) is 29.2. The number of nitrogens with zero attached hydrogens (tertiary/aromatic N) is 1. The van der Waals surface area contributed by atoms with Gasteiger partial charge >= 0.3 is 0 Å². The Morgan fingerprint density at radius 2 is 1.68 bits per heavy atom. The Morgan fingerprint density at radius 3 is 2.41 bits per heavy atom. The summed E-state index contributed by atoms with van der Waals surface area (Å²) in [5.74, 6) is 0.768. The third kappa shape index (κ3) is 8.36. The number of amides is 2. The molecule has 1 aliphatic rings. The molecule has 2 amide bonds. The Hall–Kier alpha value is -2.28. The van der Waals surface area contributed by atoms with Gasteiger partial charge in [-0.25, -0.2) is 0 Å². The van der Waals surface area contributed by atoms with Crippen LogP contribution in [-0.4, -0.2) is 34.6 Å². The average Bonchev–Trinajstić information content (AvgIpc) is 3.41. The number of hydrogen-bond acceptors (Lipinski definition) is 3. The van der Waals surface area contributed by atoms with Crippen LogP contribution in [0.25, 0.3) is 0 Å². The number of benzene rings is 3. The quantitative estimate of drug-likeness (QED) is 0.257. The lowest BCUT2D eigenvalue weighted by atomic mass is 10.0. The predicted molar refractivity (Wildman–Crippen MR) is 157 cm³/mol. The van der Waals surface area contributed by atoms with Crippen molar-refractivity contribution in [2.75, 3.05) is 5.75 Å². The van der Waals surface area contributed by atoms with Gasteiger partial charge in [-0.15, -0.1) is 11.8 Å². The molecule has 1 aliphatic carbocycles. The molecule has 37 heavy (non-hydrogen) atoms. The van der Waals surface area contributed by atoms with Crippen molar-refractivity contribution in [3.05, 3.63) is 105 Å². The van der Waals surface area contributed by atoms with Gasteiger partial charge in [-0.05, 0) is 47.7 Å². The van der Waals surface area contributed by atoms with Crippen molar-refractivity contribution < 1.29 is 9.59 Å². The van der Waals surface area contributed by atoms with E-state index in [-0.39, 0.29) is 23.6 Å². The molecule has 3 aromatic rings. The highest BCUT2D eigenvalue weighted by atomic mass is 79.9. The Morgan fingerprint density at radius 1 is 0.973 bits per heavy atom. The molecule has 1 atom stereocenters. The second-order valence-electron chi connectivity index (χ2n) is 9.43. The Labute approximate surface area is 237 Å². The van der Waals surface area contributed by atoms with Crippen LogP contribution in [0.3, 0.4) is 0 Å². The largest absolute Gasteiger partial charge is 0.352 e. The highest BCUT2D eigenvalue weighted by molar-refractivity contribution is 9.10. The fourth-order valence-electron chi connectivity index (χ4n) is 4.70. The van der Waals surface area contributed by atoms with Crippen LogP contribution in [0.15, 0.2) is 83.3 Å². The van der Waals surface area contributed by atoms with Gasteiger partial charge in [0.05, 0.1) is 5.75 Å². The molecule has 7 heteroatoms. The third-order valence-corrected chi connectivity index (χ3v) is 8.48. The van der Waals surface area contributed by atoms with Crippen molar-refractivity contribution in [3.8, 4) is 0 Å². The van der Waals surface area contributed by atoms with E-state index in [1.54, 1.807) is 4.90 Å². The molecule has 4 rings (SSSR count). The van der Waals surface area contributed by atoms with Gasteiger partial charge < -0.3 is 10.2 Å².